The van der Waals surface area contributed by atoms with Crippen molar-refractivity contribution >= 4 is 72.6 Å². The van der Waals surface area contributed by atoms with E-state index in [1.54, 1.807) is 0 Å². The van der Waals surface area contributed by atoms with Crippen molar-refractivity contribution in [3.8, 4) is 50.2 Å². The molecule has 0 saturated heterocycles. The summed E-state index contributed by atoms with van der Waals surface area (Å²) in [5, 5.41) is 10.3. The largest absolute Gasteiger partial charge is 0.455 e. The predicted octanol–water partition coefficient (Wildman–Crippen LogP) is 13.0. The number of para-hydroxylation sites is 2. The molecule has 0 N–H and O–H groups in total. The average molecular weight is 818 g/mol. The Labute approximate surface area is 366 Å². The summed E-state index contributed by atoms with van der Waals surface area (Å²) in [4.78, 5) is 0. The Hall–Kier alpha value is -7.98. The summed E-state index contributed by atoms with van der Waals surface area (Å²) in [6.45, 7) is 0. The Kier molecular flexibility index (Phi) is 7.96. The van der Waals surface area contributed by atoms with Crippen LogP contribution in [-0.4, -0.2) is 12.6 Å². The molecule has 1 aliphatic rings. The van der Waals surface area contributed by atoms with Crippen LogP contribution in [0.5, 0.6) is 0 Å². The number of rotatable bonds is 6. The number of fused-ring (bicyclic) bond motifs is 9. The van der Waals surface area contributed by atoms with Gasteiger partial charge < -0.3 is 8.98 Å². The van der Waals surface area contributed by atoms with Gasteiger partial charge in [0.25, 0.3) is 0 Å². The van der Waals surface area contributed by atoms with E-state index in [0.29, 0.717) is 0 Å². The predicted molar refractivity (Wildman–Crippen MR) is 267 cm³/mol. The van der Waals surface area contributed by atoms with Crippen molar-refractivity contribution in [2.75, 3.05) is 0 Å². The van der Waals surface area contributed by atoms with Crippen molar-refractivity contribution in [3.63, 3.8) is 0 Å². The lowest BCUT2D eigenvalue weighted by molar-refractivity contribution is 0.670. The lowest BCUT2D eigenvalue weighted by Gasteiger charge is -2.32. The molecule has 13 rings (SSSR count). The van der Waals surface area contributed by atoms with Crippen LogP contribution in [0.25, 0.3) is 93.9 Å². The van der Waals surface area contributed by atoms with Crippen LogP contribution in [-0.2, 0) is 0 Å². The van der Waals surface area contributed by atoms with Crippen LogP contribution < -0.4 is 20.7 Å². The first kappa shape index (κ1) is 35.7. The van der Waals surface area contributed by atoms with E-state index in [1.807, 2.05) is 6.07 Å². The van der Waals surface area contributed by atoms with Crippen LogP contribution in [0.4, 0.5) is 0 Å². The van der Waals surface area contributed by atoms with Crippen LogP contribution in [0.1, 0.15) is 0 Å². The highest BCUT2D eigenvalue weighted by Gasteiger charge is 2.49. The molecule has 3 heterocycles. The first-order valence-electron chi connectivity index (χ1n) is 21.7. The number of benzene rings is 10. The summed E-state index contributed by atoms with van der Waals surface area (Å²) in [6, 6.07) is 87.5. The van der Waals surface area contributed by atoms with Crippen LogP contribution in [0.2, 0.25) is 0 Å². The molecule has 294 valence electrons. The van der Waals surface area contributed by atoms with Crippen LogP contribution in [0.15, 0.2) is 241 Å². The summed E-state index contributed by atoms with van der Waals surface area (Å²) in [5.74, 6) is 0. The molecule has 0 fully saturated rings. The van der Waals surface area contributed by atoms with E-state index in [-0.39, 0.29) is 0 Å². The molecule has 0 unspecified atom stereocenters. The summed E-state index contributed by atoms with van der Waals surface area (Å²) in [5.41, 5.74) is 15.1. The fraction of sp³-hybridized carbons (Fsp3) is 0. The van der Waals surface area contributed by atoms with Crippen molar-refractivity contribution in [3.05, 3.63) is 237 Å². The van der Waals surface area contributed by atoms with Crippen molar-refractivity contribution in [2.45, 2.75) is 0 Å². The highest BCUT2D eigenvalue weighted by Crippen LogP contribution is 2.40. The van der Waals surface area contributed by atoms with E-state index in [2.05, 4.69) is 235 Å². The highest BCUT2D eigenvalue weighted by molar-refractivity contribution is 7.22. The lowest BCUT2D eigenvalue weighted by Crippen LogP contribution is -2.72. The molecule has 0 saturated carbocycles. The van der Waals surface area contributed by atoms with Gasteiger partial charge in [-0.3, -0.25) is 0 Å². The van der Waals surface area contributed by atoms with Crippen molar-refractivity contribution < 1.29 is 4.42 Å². The third-order valence-electron chi connectivity index (χ3n) is 13.5. The molecular formula is C60H39NOSi. The SMILES string of the molecule is c1ccc(-c2ccc3c(c2)c2cc(-c4ccccc4)ccc2n3-c2ccc3c(c2)[Si](c2ccccc2)(c2ccccc2)c2cc(-c4cccc5c4oc4ccccc45)ccc2-3)cc1. The number of hydrogen-bond donors (Lipinski definition) is 0. The Morgan fingerprint density at radius 2 is 0.825 bits per heavy atom. The quantitative estimate of drug-likeness (QED) is 0.153. The van der Waals surface area contributed by atoms with E-state index in [1.165, 1.54) is 81.5 Å². The van der Waals surface area contributed by atoms with Gasteiger partial charge in [-0.1, -0.05) is 194 Å². The highest BCUT2D eigenvalue weighted by atomic mass is 28.3. The van der Waals surface area contributed by atoms with Gasteiger partial charge in [0.2, 0.25) is 0 Å². The molecule has 12 aromatic rings. The van der Waals surface area contributed by atoms with E-state index < -0.39 is 8.07 Å². The van der Waals surface area contributed by atoms with Crippen LogP contribution in [0, 0.1) is 0 Å². The first-order chi connectivity index (χ1) is 31.2. The molecule has 0 spiro atoms. The number of furan rings is 1. The Morgan fingerprint density at radius 3 is 1.44 bits per heavy atom. The minimum absolute atomic E-state index is 0.913. The third kappa shape index (κ3) is 5.37. The monoisotopic (exact) mass is 817 g/mol. The molecule has 10 aromatic carbocycles. The van der Waals surface area contributed by atoms with Gasteiger partial charge in [0.1, 0.15) is 11.2 Å². The van der Waals surface area contributed by atoms with Crippen molar-refractivity contribution in [1.82, 2.24) is 4.57 Å². The van der Waals surface area contributed by atoms with E-state index in [0.717, 1.165) is 33.2 Å². The first-order valence-corrected chi connectivity index (χ1v) is 23.7. The van der Waals surface area contributed by atoms with Gasteiger partial charge in [0.15, 0.2) is 8.07 Å². The Balaban J connectivity index is 1.08. The zero-order valence-corrected chi connectivity index (χ0v) is 35.4. The molecule has 63 heavy (non-hydrogen) atoms. The maximum Gasteiger partial charge on any atom is 0.180 e. The van der Waals surface area contributed by atoms with E-state index >= 15 is 0 Å². The molecule has 0 amide bonds. The van der Waals surface area contributed by atoms with E-state index in [9.17, 15) is 0 Å². The minimum Gasteiger partial charge on any atom is -0.455 e. The molecule has 0 atom stereocenters. The maximum atomic E-state index is 6.64. The molecule has 3 heteroatoms. The van der Waals surface area contributed by atoms with Gasteiger partial charge in [0.05, 0.1) is 11.0 Å². The summed E-state index contributed by atoms with van der Waals surface area (Å²) in [6.07, 6.45) is 0. The van der Waals surface area contributed by atoms with Gasteiger partial charge in [0, 0.05) is 32.8 Å². The van der Waals surface area contributed by atoms with Crippen LogP contribution in [0.3, 0.4) is 0 Å². The fourth-order valence-corrected chi connectivity index (χ4v) is 15.9. The Morgan fingerprint density at radius 1 is 0.317 bits per heavy atom. The minimum atomic E-state index is -2.92. The maximum absolute atomic E-state index is 6.64. The van der Waals surface area contributed by atoms with E-state index in [4.69, 9.17) is 4.42 Å². The van der Waals surface area contributed by atoms with Crippen LogP contribution >= 0.6 is 0 Å². The van der Waals surface area contributed by atoms with Crippen molar-refractivity contribution in [2.24, 2.45) is 0 Å². The molecular weight excluding hydrogens is 779 g/mol. The standard InChI is InChI=1S/C60H39NOSi/c1-5-16-40(17-6-1)42-29-34-55-53(36-42)54-37-43(41-18-7-2-8-19-41)30-35-56(54)61(55)45-31-33-51-50-32-28-44(48-25-15-26-52-49-24-13-14-27-57(49)62-60(48)52)38-58(50)63(59(51)39-45,46-20-9-3-10-21-46)47-22-11-4-12-23-47/h1-39H. The molecule has 1 aliphatic heterocycles. The average Bonchev–Trinajstić information content (AvgIpc) is 4.00. The number of aromatic nitrogens is 1. The smallest absolute Gasteiger partial charge is 0.180 e. The van der Waals surface area contributed by atoms with Gasteiger partial charge >= 0.3 is 0 Å². The van der Waals surface area contributed by atoms with Gasteiger partial charge in [-0.15, -0.1) is 0 Å². The third-order valence-corrected chi connectivity index (χ3v) is 18.3. The molecule has 0 bridgehead atoms. The lowest BCUT2D eigenvalue weighted by atomic mass is 9.98. The summed E-state index contributed by atoms with van der Waals surface area (Å²) in [7, 11) is -2.92. The zero-order chi connectivity index (χ0) is 41.5. The molecule has 0 aliphatic carbocycles. The van der Waals surface area contributed by atoms with Gasteiger partial charge in [-0.2, -0.15) is 0 Å². The fourth-order valence-electron chi connectivity index (χ4n) is 10.7. The normalized spacial score (nSPS) is 12.9. The summed E-state index contributed by atoms with van der Waals surface area (Å²) < 4.78 is 9.14. The Bertz CT molecular complexity index is 3580. The molecule has 2 aromatic heterocycles. The number of hydrogen-bond acceptors (Lipinski definition) is 1. The van der Waals surface area contributed by atoms with Crippen molar-refractivity contribution in [1.29, 1.82) is 0 Å². The second-order valence-corrected chi connectivity index (χ2v) is 20.5. The number of nitrogens with zero attached hydrogens (tertiary/aromatic N) is 1. The topological polar surface area (TPSA) is 18.1 Å². The van der Waals surface area contributed by atoms with Gasteiger partial charge in [-0.25, -0.2) is 0 Å². The second-order valence-electron chi connectivity index (χ2n) is 16.8. The molecule has 2 nitrogen and oxygen atoms in total. The second kappa shape index (κ2) is 14.0. The molecule has 0 radical (unpaired) electrons. The van der Waals surface area contributed by atoms with Gasteiger partial charge in [-0.05, 0) is 102 Å². The summed E-state index contributed by atoms with van der Waals surface area (Å²) >= 11 is 0. The zero-order valence-electron chi connectivity index (χ0n) is 34.4.